The summed E-state index contributed by atoms with van der Waals surface area (Å²) in [7, 11) is -8.60. The molecule has 270 valence electrons. The minimum atomic E-state index is -4.30. The van der Waals surface area contributed by atoms with Gasteiger partial charge in [0.15, 0.2) is 12.3 Å². The van der Waals surface area contributed by atoms with Gasteiger partial charge < -0.3 is 14.1 Å². The fraction of sp³-hybridized carbons (Fsp3) is 0.154. The number of rotatable bonds is 11. The molecule has 53 heavy (non-hydrogen) atoms. The number of hydrogen-bond donors (Lipinski definition) is 2. The topological polar surface area (TPSA) is 138 Å². The zero-order chi connectivity index (χ0) is 36.9. The van der Waals surface area contributed by atoms with Gasteiger partial charge in [0.1, 0.15) is 5.75 Å². The van der Waals surface area contributed by atoms with Gasteiger partial charge in [-0.25, -0.2) is 0 Å². The number of thiophene rings is 2. The molecule has 0 fully saturated rings. The van der Waals surface area contributed by atoms with Gasteiger partial charge in [-0.2, -0.15) is 21.4 Å². The molecule has 7 aromatic rings. The first kappa shape index (κ1) is 35.2. The summed E-state index contributed by atoms with van der Waals surface area (Å²) in [6, 6.07) is 27.8. The molecule has 0 unspecified atom stereocenters. The van der Waals surface area contributed by atoms with E-state index >= 15 is 0 Å². The first-order valence-corrected chi connectivity index (χ1v) is 21.7. The maximum absolute atomic E-state index is 11.9. The van der Waals surface area contributed by atoms with Crippen molar-refractivity contribution in [2.75, 3.05) is 23.0 Å². The molecule has 0 spiro atoms. The Balaban J connectivity index is 1.20. The summed E-state index contributed by atoms with van der Waals surface area (Å²) >= 11 is 3.29. The van der Waals surface area contributed by atoms with Gasteiger partial charge in [0.05, 0.1) is 17.5 Å². The summed E-state index contributed by atoms with van der Waals surface area (Å²) in [6.45, 7) is 1.81. The number of anilines is 1. The van der Waals surface area contributed by atoms with Crippen molar-refractivity contribution in [3.63, 3.8) is 0 Å². The Kier molecular flexibility index (Phi) is 9.21. The number of hydrogen-bond acceptors (Lipinski definition) is 9. The molecular formula is C39H33N2O8S4+. The van der Waals surface area contributed by atoms with Gasteiger partial charge in [0.25, 0.3) is 25.8 Å². The lowest BCUT2D eigenvalue weighted by atomic mass is 10.0. The Bertz CT molecular complexity index is 2830. The number of fused-ring (bicyclic) bond motifs is 4. The van der Waals surface area contributed by atoms with Crippen molar-refractivity contribution in [1.29, 1.82) is 0 Å². The smallest absolute Gasteiger partial charge is 0.374 e. The normalized spacial score (nSPS) is 14.5. The quantitative estimate of drug-likeness (QED) is 0.0974. The van der Waals surface area contributed by atoms with Crippen molar-refractivity contribution < 1.29 is 39.7 Å². The number of allylic oxidation sites excluding steroid dienone is 2. The molecule has 0 saturated heterocycles. The van der Waals surface area contributed by atoms with Crippen LogP contribution < -0.4 is 14.2 Å². The predicted molar refractivity (Wildman–Crippen MR) is 212 cm³/mol. The van der Waals surface area contributed by atoms with E-state index in [0.717, 1.165) is 48.0 Å². The molecule has 14 heteroatoms. The van der Waals surface area contributed by atoms with Crippen LogP contribution in [0.1, 0.15) is 19.2 Å². The van der Waals surface area contributed by atoms with Crippen LogP contribution >= 0.6 is 22.7 Å². The van der Waals surface area contributed by atoms with Crippen LogP contribution in [-0.4, -0.2) is 44.0 Å². The highest BCUT2D eigenvalue weighted by Gasteiger charge is 2.30. The lowest BCUT2D eigenvalue weighted by Gasteiger charge is -2.18. The van der Waals surface area contributed by atoms with Crippen LogP contribution in [0, 0.1) is 0 Å². The molecule has 8 rings (SSSR count). The maximum Gasteiger partial charge on any atom is 0.374 e. The SMILES string of the molecule is CCC(/C=C1\Oc2ccc(-c3csc4ccccc34)cc2N1CCS(=O)(=O)O)=C\c1oc2ccc(-c3csc4ccccc34)cc2[n+]1CCS(=O)(=O)O. The Labute approximate surface area is 314 Å². The molecular weight excluding hydrogens is 753 g/mol. The monoisotopic (exact) mass is 785 g/mol. The van der Waals surface area contributed by atoms with Crippen LogP contribution in [0.4, 0.5) is 5.69 Å². The Morgan fingerprint density at radius 3 is 2.08 bits per heavy atom. The molecule has 4 heterocycles. The van der Waals surface area contributed by atoms with Gasteiger partial charge in [0.2, 0.25) is 11.5 Å². The van der Waals surface area contributed by atoms with Crippen LogP contribution in [0.3, 0.4) is 0 Å². The molecule has 3 aromatic heterocycles. The largest absolute Gasteiger partial charge is 0.439 e. The van der Waals surface area contributed by atoms with Crippen molar-refractivity contribution in [2.45, 2.75) is 19.9 Å². The van der Waals surface area contributed by atoms with E-state index in [1.165, 1.54) is 0 Å². The third-order valence-corrected chi connectivity index (χ3v) is 12.5. The van der Waals surface area contributed by atoms with E-state index in [9.17, 15) is 25.9 Å². The summed E-state index contributed by atoms with van der Waals surface area (Å²) < 4.78 is 83.8. The van der Waals surface area contributed by atoms with E-state index in [2.05, 4.69) is 35.0 Å². The van der Waals surface area contributed by atoms with Crippen LogP contribution in [0.5, 0.6) is 5.75 Å². The highest BCUT2D eigenvalue weighted by molar-refractivity contribution is 7.86. The lowest BCUT2D eigenvalue weighted by Crippen LogP contribution is -2.38. The van der Waals surface area contributed by atoms with Crippen LogP contribution in [0.2, 0.25) is 0 Å². The number of nitrogens with zero attached hydrogens (tertiary/aromatic N) is 2. The van der Waals surface area contributed by atoms with Crippen molar-refractivity contribution in [3.05, 3.63) is 119 Å². The molecule has 2 N–H and O–H groups in total. The minimum absolute atomic E-state index is 0.0679. The Morgan fingerprint density at radius 2 is 1.43 bits per heavy atom. The van der Waals surface area contributed by atoms with Gasteiger partial charge in [-0.15, -0.1) is 22.7 Å². The van der Waals surface area contributed by atoms with E-state index in [-0.39, 0.29) is 13.1 Å². The average molecular weight is 786 g/mol. The average Bonchev–Trinajstić information content (AvgIpc) is 3.91. The third-order valence-electron chi connectivity index (χ3n) is 9.22. The van der Waals surface area contributed by atoms with Gasteiger partial charge in [-0.1, -0.05) is 55.5 Å². The summed E-state index contributed by atoms with van der Waals surface area (Å²) in [4.78, 5) is 1.73. The Hall–Kier alpha value is -4.83. The van der Waals surface area contributed by atoms with Crippen LogP contribution in [0.15, 0.2) is 118 Å². The van der Waals surface area contributed by atoms with Gasteiger partial charge >= 0.3 is 5.89 Å². The van der Waals surface area contributed by atoms with Crippen LogP contribution in [0.25, 0.3) is 59.6 Å². The molecule has 4 aromatic carbocycles. The molecule has 0 amide bonds. The standard InChI is InChI=1S/C39H32N2O8S4/c1-2-25(19-38-40(15-17-52(42,43)44)32-21-26(11-13-34(32)48-38)30-23-50-36-9-5-3-7-28(30)36)20-39-41(16-18-53(45,46)47)33-22-27(12-14-35(33)49-39)31-24-51-37-10-6-4-8-29(31)37/h3-14,19-24H,2,15-18H2,1H3,(H-,42,43,44,45,46,47)/p+1. The molecule has 0 radical (unpaired) electrons. The van der Waals surface area contributed by atoms with E-state index in [4.69, 9.17) is 9.15 Å². The maximum atomic E-state index is 11.9. The van der Waals surface area contributed by atoms with E-state index in [0.29, 0.717) is 40.7 Å². The fourth-order valence-electron chi connectivity index (χ4n) is 6.59. The van der Waals surface area contributed by atoms with Crippen molar-refractivity contribution >= 4 is 85.9 Å². The number of aromatic nitrogens is 1. The second-order valence-corrected chi connectivity index (χ2v) is 17.6. The molecule has 0 atom stereocenters. The zero-order valence-electron chi connectivity index (χ0n) is 28.3. The van der Waals surface area contributed by atoms with Crippen molar-refractivity contribution in [1.82, 2.24) is 0 Å². The van der Waals surface area contributed by atoms with Gasteiger partial charge in [0, 0.05) is 50.0 Å². The van der Waals surface area contributed by atoms with Crippen LogP contribution in [-0.2, 0) is 26.8 Å². The highest BCUT2D eigenvalue weighted by Crippen LogP contribution is 2.44. The van der Waals surface area contributed by atoms with Crippen molar-refractivity contribution in [3.8, 4) is 28.0 Å². The summed E-state index contributed by atoms with van der Waals surface area (Å²) in [5.41, 5.74) is 6.54. The number of oxazole rings is 1. The molecule has 10 nitrogen and oxygen atoms in total. The molecule has 0 bridgehead atoms. The fourth-order valence-corrected chi connectivity index (χ4v) is 9.36. The first-order chi connectivity index (χ1) is 25.4. The minimum Gasteiger partial charge on any atom is -0.439 e. The number of aryl methyl sites for hydroxylation is 1. The molecule has 0 aliphatic carbocycles. The zero-order valence-corrected chi connectivity index (χ0v) is 31.6. The van der Waals surface area contributed by atoms with E-state index in [1.54, 1.807) is 44.3 Å². The summed E-state index contributed by atoms with van der Waals surface area (Å²) in [5, 5.41) is 6.40. The van der Waals surface area contributed by atoms with Gasteiger partial charge in [-0.05, 0) is 64.2 Å². The summed E-state index contributed by atoms with van der Waals surface area (Å²) in [6.07, 6.45) is 4.07. The highest BCUT2D eigenvalue weighted by atomic mass is 32.2. The third kappa shape index (κ3) is 7.26. The first-order valence-electron chi connectivity index (χ1n) is 16.8. The lowest BCUT2D eigenvalue weighted by molar-refractivity contribution is -0.673. The second-order valence-electron chi connectivity index (χ2n) is 12.6. The molecule has 0 saturated carbocycles. The Morgan fingerprint density at radius 1 is 0.811 bits per heavy atom. The van der Waals surface area contributed by atoms with Crippen molar-refractivity contribution in [2.24, 2.45) is 0 Å². The summed E-state index contributed by atoms with van der Waals surface area (Å²) in [5.74, 6) is 0.203. The molecule has 1 aliphatic rings. The second kappa shape index (κ2) is 13.9. The van der Waals surface area contributed by atoms with E-state index < -0.39 is 31.7 Å². The van der Waals surface area contributed by atoms with E-state index in [1.807, 2.05) is 67.6 Å². The van der Waals surface area contributed by atoms with Gasteiger partial charge in [-0.3, -0.25) is 9.11 Å². The number of ether oxygens (including phenoxy) is 1. The predicted octanol–water partition coefficient (Wildman–Crippen LogP) is 8.79. The molecule has 1 aliphatic heterocycles. The number of benzene rings is 4.